The molecule has 1 saturated heterocycles. The summed E-state index contributed by atoms with van der Waals surface area (Å²) in [6.45, 7) is 3.86. The van der Waals surface area contributed by atoms with Crippen molar-refractivity contribution in [3.63, 3.8) is 0 Å². The van der Waals surface area contributed by atoms with Crippen LogP contribution in [0.3, 0.4) is 0 Å². The Bertz CT molecular complexity index is 746. The molecule has 0 radical (unpaired) electrons. The van der Waals surface area contributed by atoms with Crippen LogP contribution in [0.4, 0.5) is 0 Å². The molecular formula is C25H40N2O5. The van der Waals surface area contributed by atoms with Crippen molar-refractivity contribution < 1.29 is 24.1 Å². The minimum Gasteiger partial charge on any atom is -0.493 e. The van der Waals surface area contributed by atoms with Crippen LogP contribution in [0.1, 0.15) is 69.9 Å². The molecule has 7 heteroatoms. The van der Waals surface area contributed by atoms with Gasteiger partial charge in [0.1, 0.15) is 0 Å². The van der Waals surface area contributed by atoms with E-state index in [0.29, 0.717) is 43.3 Å². The maximum atomic E-state index is 12.8. The van der Waals surface area contributed by atoms with Crippen LogP contribution < -0.4 is 19.5 Å². The molecule has 2 aliphatic rings. The Morgan fingerprint density at radius 3 is 2.47 bits per heavy atom. The first kappa shape index (κ1) is 24.6. The minimum atomic E-state index is -0.697. The molecule has 3 rings (SSSR count). The lowest BCUT2D eigenvalue weighted by molar-refractivity contribution is -0.137. The van der Waals surface area contributed by atoms with Crippen molar-refractivity contribution in [3.8, 4) is 17.2 Å². The van der Waals surface area contributed by atoms with E-state index < -0.39 is 5.60 Å². The summed E-state index contributed by atoms with van der Waals surface area (Å²) in [7, 11) is 4.82. The molecule has 32 heavy (non-hydrogen) atoms. The number of nitrogens with zero attached hydrogens (tertiary/aromatic N) is 1. The number of likely N-dealkylation sites (tertiary alicyclic amines) is 1. The Morgan fingerprint density at radius 1 is 1.12 bits per heavy atom. The number of hydrogen-bond donors (Lipinski definition) is 2. The molecule has 7 nitrogen and oxygen atoms in total. The highest BCUT2D eigenvalue weighted by Gasteiger charge is 2.49. The van der Waals surface area contributed by atoms with Crippen molar-refractivity contribution >= 4 is 5.91 Å². The molecule has 180 valence electrons. The molecular weight excluding hydrogens is 408 g/mol. The largest absolute Gasteiger partial charge is 0.493 e. The van der Waals surface area contributed by atoms with Crippen LogP contribution in [-0.4, -0.2) is 62.5 Å². The number of methoxy groups -OCH3 is 3. The van der Waals surface area contributed by atoms with Gasteiger partial charge in [0.2, 0.25) is 11.7 Å². The van der Waals surface area contributed by atoms with Crippen molar-refractivity contribution in [3.05, 3.63) is 17.7 Å². The number of nitrogens with one attached hydrogen (secondary N) is 1. The van der Waals surface area contributed by atoms with Crippen LogP contribution >= 0.6 is 0 Å². The van der Waals surface area contributed by atoms with Crippen molar-refractivity contribution in [2.45, 2.75) is 69.9 Å². The third-order valence-electron chi connectivity index (χ3n) is 7.15. The van der Waals surface area contributed by atoms with E-state index >= 15 is 0 Å². The van der Waals surface area contributed by atoms with Crippen molar-refractivity contribution in [1.82, 2.24) is 10.2 Å². The molecule has 0 bridgehead atoms. The number of unbranched alkanes of at least 4 members (excludes halogenated alkanes) is 2. The first-order chi connectivity index (χ1) is 15.5. The Hall–Kier alpha value is -1.99. The summed E-state index contributed by atoms with van der Waals surface area (Å²) in [4.78, 5) is 15.0. The highest BCUT2D eigenvalue weighted by molar-refractivity contribution is 5.78. The molecule has 1 saturated carbocycles. The molecule has 1 heterocycles. The molecule has 0 spiro atoms. The van der Waals surface area contributed by atoms with Gasteiger partial charge in [-0.1, -0.05) is 32.6 Å². The zero-order valence-corrected chi connectivity index (χ0v) is 20.1. The average Bonchev–Trinajstić information content (AvgIpc) is 2.80. The fraction of sp³-hybridized carbons (Fsp3) is 0.720. The SMILES string of the molecule is CCCCCNC(=O)CN1CC[C@@]2(O)CCCC[C@@H]2[C@@H]1c1cc(OC)c(OC)c(OC)c1. The number of carbonyl (C=O) groups excluding carboxylic acids is 1. The lowest BCUT2D eigenvalue weighted by Gasteiger charge is -2.52. The van der Waals surface area contributed by atoms with Crippen molar-refractivity contribution in [2.75, 3.05) is 41.0 Å². The number of amides is 1. The van der Waals surface area contributed by atoms with Crippen LogP contribution in [-0.2, 0) is 4.79 Å². The van der Waals surface area contributed by atoms with Gasteiger partial charge in [0.05, 0.1) is 33.5 Å². The maximum absolute atomic E-state index is 12.8. The molecule has 1 aliphatic heterocycles. The summed E-state index contributed by atoms with van der Waals surface area (Å²) in [5.41, 5.74) is 0.292. The monoisotopic (exact) mass is 448 g/mol. The zero-order chi connectivity index (χ0) is 23.1. The van der Waals surface area contributed by atoms with E-state index in [-0.39, 0.29) is 17.9 Å². The van der Waals surface area contributed by atoms with Gasteiger partial charge in [0.15, 0.2) is 11.5 Å². The quantitative estimate of drug-likeness (QED) is 0.532. The van der Waals surface area contributed by atoms with Gasteiger partial charge >= 0.3 is 0 Å². The van der Waals surface area contributed by atoms with Gasteiger partial charge in [-0.05, 0) is 43.4 Å². The number of piperidine rings is 1. The Kier molecular flexibility index (Phi) is 8.65. The third-order valence-corrected chi connectivity index (χ3v) is 7.15. The van der Waals surface area contributed by atoms with Gasteiger partial charge in [0, 0.05) is 25.0 Å². The molecule has 2 fully saturated rings. The van der Waals surface area contributed by atoms with Crippen LogP contribution in [0.15, 0.2) is 12.1 Å². The molecule has 0 aromatic heterocycles. The van der Waals surface area contributed by atoms with Crippen LogP contribution in [0.2, 0.25) is 0 Å². The first-order valence-electron chi connectivity index (χ1n) is 12.0. The third kappa shape index (κ3) is 5.31. The summed E-state index contributed by atoms with van der Waals surface area (Å²) in [5, 5.41) is 14.6. The number of carbonyl (C=O) groups is 1. The fourth-order valence-corrected chi connectivity index (χ4v) is 5.48. The van der Waals surface area contributed by atoms with Gasteiger partial charge < -0.3 is 24.6 Å². The minimum absolute atomic E-state index is 0.0415. The second kappa shape index (κ2) is 11.2. The Balaban J connectivity index is 1.91. The summed E-state index contributed by atoms with van der Waals surface area (Å²) < 4.78 is 16.7. The molecule has 1 aromatic carbocycles. The number of fused-ring (bicyclic) bond motifs is 1. The summed E-state index contributed by atoms with van der Waals surface area (Å²) in [6, 6.07) is 3.85. The Labute approximate surface area is 192 Å². The predicted octanol–water partition coefficient (Wildman–Crippen LogP) is 3.69. The van der Waals surface area contributed by atoms with E-state index in [4.69, 9.17) is 14.2 Å². The summed E-state index contributed by atoms with van der Waals surface area (Å²) >= 11 is 0. The number of benzene rings is 1. The highest BCUT2D eigenvalue weighted by atomic mass is 16.5. The molecule has 1 aliphatic carbocycles. The summed E-state index contributed by atoms with van der Waals surface area (Å²) in [6.07, 6.45) is 7.83. The topological polar surface area (TPSA) is 80.3 Å². The second-order valence-corrected chi connectivity index (χ2v) is 9.14. The Morgan fingerprint density at radius 2 is 1.84 bits per heavy atom. The van der Waals surface area contributed by atoms with Gasteiger partial charge in [-0.15, -0.1) is 0 Å². The molecule has 0 unspecified atom stereocenters. The van der Waals surface area contributed by atoms with Crippen LogP contribution in [0, 0.1) is 5.92 Å². The lowest BCUT2D eigenvalue weighted by atomic mass is 9.66. The van der Waals surface area contributed by atoms with Gasteiger partial charge in [0.25, 0.3) is 0 Å². The second-order valence-electron chi connectivity index (χ2n) is 9.14. The number of rotatable bonds is 10. The lowest BCUT2D eigenvalue weighted by Crippen LogP contribution is -2.56. The van der Waals surface area contributed by atoms with Gasteiger partial charge in [-0.25, -0.2) is 0 Å². The first-order valence-corrected chi connectivity index (χ1v) is 12.0. The number of ether oxygens (including phenoxy) is 3. The van der Waals surface area contributed by atoms with E-state index in [2.05, 4.69) is 17.1 Å². The van der Waals surface area contributed by atoms with Gasteiger partial charge in [-0.2, -0.15) is 0 Å². The van der Waals surface area contributed by atoms with E-state index in [9.17, 15) is 9.90 Å². The zero-order valence-electron chi connectivity index (χ0n) is 20.1. The smallest absolute Gasteiger partial charge is 0.234 e. The maximum Gasteiger partial charge on any atom is 0.234 e. The van der Waals surface area contributed by atoms with E-state index in [0.717, 1.165) is 50.5 Å². The normalized spacial score (nSPS) is 25.7. The van der Waals surface area contributed by atoms with E-state index in [1.807, 2.05) is 12.1 Å². The van der Waals surface area contributed by atoms with Crippen molar-refractivity contribution in [2.24, 2.45) is 5.92 Å². The number of hydrogen-bond acceptors (Lipinski definition) is 6. The molecule has 3 atom stereocenters. The summed E-state index contributed by atoms with van der Waals surface area (Å²) in [5.74, 6) is 1.83. The van der Waals surface area contributed by atoms with Gasteiger partial charge in [-0.3, -0.25) is 9.69 Å². The highest BCUT2D eigenvalue weighted by Crippen LogP contribution is 2.51. The van der Waals surface area contributed by atoms with E-state index in [1.165, 1.54) is 0 Å². The predicted molar refractivity (Wildman–Crippen MR) is 124 cm³/mol. The van der Waals surface area contributed by atoms with E-state index in [1.54, 1.807) is 21.3 Å². The fourth-order valence-electron chi connectivity index (χ4n) is 5.48. The average molecular weight is 449 g/mol. The molecule has 1 aromatic rings. The number of aliphatic hydroxyl groups is 1. The molecule has 2 N–H and O–H groups in total. The van der Waals surface area contributed by atoms with Crippen LogP contribution in [0.5, 0.6) is 17.2 Å². The molecule has 1 amide bonds. The standard InChI is InChI=1S/C25H40N2O5/c1-5-6-9-13-26-22(28)17-27-14-12-25(29)11-8-7-10-19(25)23(27)18-15-20(30-2)24(32-4)21(16-18)31-3/h15-16,19,23,29H,5-14,17H2,1-4H3,(H,26,28)/t19-,23+,25+/m1/s1. The van der Waals surface area contributed by atoms with Crippen molar-refractivity contribution in [1.29, 1.82) is 0 Å². The van der Waals surface area contributed by atoms with Crippen LogP contribution in [0.25, 0.3) is 0 Å².